The van der Waals surface area contributed by atoms with Crippen molar-refractivity contribution in [1.82, 2.24) is 5.43 Å². The maximum Gasteiger partial charge on any atom is 0.233 e. The van der Waals surface area contributed by atoms with Gasteiger partial charge in [0.2, 0.25) is 5.11 Å². The molecule has 0 radical (unpaired) electrons. The lowest BCUT2D eigenvalue weighted by molar-refractivity contribution is 1.03. The summed E-state index contributed by atoms with van der Waals surface area (Å²) >= 11 is 7.22. The smallest absolute Gasteiger partial charge is 0.233 e. The highest BCUT2D eigenvalue weighted by atomic mass is 127. The quantitative estimate of drug-likeness (QED) is 0.281. The molecule has 0 aromatic heterocycles. The SMILES string of the molecule is S=C(/N=N/c1ccccc1)NN(I)c1ccccc1. The molecule has 0 aliphatic rings. The molecule has 4 nitrogen and oxygen atoms in total. The number of para-hydroxylation sites is 1. The summed E-state index contributed by atoms with van der Waals surface area (Å²) in [5.41, 5.74) is 4.71. The van der Waals surface area contributed by atoms with Crippen molar-refractivity contribution in [2.24, 2.45) is 10.2 Å². The summed E-state index contributed by atoms with van der Waals surface area (Å²) in [6.45, 7) is 0. The standard InChI is InChI=1S/C13H11IN4S/c14-18(12-9-5-2-6-10-12)17-13(19)16-15-11-7-3-1-4-8-11/h1-10H,(H,17,19)/b16-15+. The predicted molar refractivity (Wildman–Crippen MR) is 89.6 cm³/mol. The van der Waals surface area contributed by atoms with E-state index < -0.39 is 0 Å². The molecule has 0 aliphatic heterocycles. The Labute approximate surface area is 131 Å². The Morgan fingerprint density at radius 2 is 1.58 bits per heavy atom. The summed E-state index contributed by atoms with van der Waals surface area (Å²) in [5.74, 6) is 0. The second-order valence-corrected chi connectivity index (χ2v) is 4.92. The largest absolute Gasteiger partial charge is 0.262 e. The molecule has 0 heterocycles. The third kappa shape index (κ3) is 4.56. The Balaban J connectivity index is 1.93. The van der Waals surface area contributed by atoms with E-state index in [0.29, 0.717) is 5.11 Å². The topological polar surface area (TPSA) is 40.0 Å². The molecule has 96 valence electrons. The van der Waals surface area contributed by atoms with Crippen LogP contribution in [-0.2, 0) is 0 Å². The molecule has 0 amide bonds. The van der Waals surface area contributed by atoms with Crippen LogP contribution in [0, 0.1) is 0 Å². The Hall–Kier alpha value is -1.54. The molecule has 0 bridgehead atoms. The van der Waals surface area contributed by atoms with Crippen molar-refractivity contribution in [3.05, 3.63) is 60.7 Å². The highest BCUT2D eigenvalue weighted by molar-refractivity contribution is 14.1. The fourth-order valence-electron chi connectivity index (χ4n) is 1.33. The van der Waals surface area contributed by atoms with Crippen molar-refractivity contribution < 1.29 is 0 Å². The van der Waals surface area contributed by atoms with E-state index in [-0.39, 0.29) is 0 Å². The van der Waals surface area contributed by atoms with E-state index in [1.165, 1.54) is 0 Å². The number of nitrogens with one attached hydrogen (secondary N) is 1. The third-order valence-electron chi connectivity index (χ3n) is 2.19. The molecule has 0 saturated heterocycles. The zero-order valence-corrected chi connectivity index (χ0v) is 12.9. The molecule has 2 aromatic carbocycles. The van der Waals surface area contributed by atoms with Crippen LogP contribution in [0.2, 0.25) is 0 Å². The zero-order valence-electron chi connectivity index (χ0n) is 9.90. The molecule has 0 atom stereocenters. The summed E-state index contributed by atoms with van der Waals surface area (Å²) in [5, 5.41) is 8.31. The Morgan fingerprint density at radius 3 is 2.21 bits per heavy atom. The van der Waals surface area contributed by atoms with Gasteiger partial charge in [-0.05, 0) is 36.5 Å². The first-order chi connectivity index (χ1) is 9.25. The van der Waals surface area contributed by atoms with E-state index in [4.69, 9.17) is 12.2 Å². The van der Waals surface area contributed by atoms with Gasteiger partial charge in [0.1, 0.15) is 0 Å². The lowest BCUT2D eigenvalue weighted by Crippen LogP contribution is -2.32. The Kier molecular flexibility index (Phi) is 5.22. The van der Waals surface area contributed by atoms with Crippen LogP contribution in [-0.4, -0.2) is 5.11 Å². The minimum atomic E-state index is 0.308. The van der Waals surface area contributed by atoms with Gasteiger partial charge in [-0.25, -0.2) is 3.22 Å². The molecular weight excluding hydrogens is 371 g/mol. The second kappa shape index (κ2) is 7.15. The van der Waals surface area contributed by atoms with E-state index in [9.17, 15) is 0 Å². The number of benzene rings is 2. The van der Waals surface area contributed by atoms with Gasteiger partial charge in [0.15, 0.2) is 0 Å². The van der Waals surface area contributed by atoms with Gasteiger partial charge in [-0.15, -0.1) is 10.2 Å². The van der Waals surface area contributed by atoms with Crippen molar-refractivity contribution in [3.8, 4) is 0 Å². The van der Waals surface area contributed by atoms with Gasteiger partial charge < -0.3 is 0 Å². The monoisotopic (exact) mass is 382 g/mol. The number of hydrazine groups is 1. The number of rotatable bonds is 3. The minimum absolute atomic E-state index is 0.308. The number of hydrogen-bond acceptors (Lipinski definition) is 3. The van der Waals surface area contributed by atoms with Gasteiger partial charge in [0.25, 0.3) is 0 Å². The zero-order chi connectivity index (χ0) is 13.5. The summed E-state index contributed by atoms with van der Waals surface area (Å²) in [6, 6.07) is 19.3. The van der Waals surface area contributed by atoms with Gasteiger partial charge in [0.05, 0.1) is 34.2 Å². The van der Waals surface area contributed by atoms with E-state index >= 15 is 0 Å². The fraction of sp³-hybridized carbons (Fsp3) is 0. The van der Waals surface area contributed by atoms with Crippen LogP contribution in [0.3, 0.4) is 0 Å². The van der Waals surface area contributed by atoms with Crippen LogP contribution in [0.5, 0.6) is 0 Å². The van der Waals surface area contributed by atoms with Crippen molar-refractivity contribution in [3.63, 3.8) is 0 Å². The highest BCUT2D eigenvalue weighted by Crippen LogP contribution is 2.15. The van der Waals surface area contributed by atoms with Crippen LogP contribution in [0.25, 0.3) is 0 Å². The maximum absolute atomic E-state index is 5.11. The molecule has 2 rings (SSSR count). The maximum atomic E-state index is 5.11. The summed E-state index contributed by atoms with van der Waals surface area (Å²) in [6.07, 6.45) is 0. The Bertz CT molecular complexity index is 559. The van der Waals surface area contributed by atoms with Crippen LogP contribution in [0.1, 0.15) is 0 Å². The van der Waals surface area contributed by atoms with E-state index in [1.54, 1.807) is 3.22 Å². The lowest BCUT2D eigenvalue weighted by atomic mass is 10.3. The first-order valence-corrected chi connectivity index (χ1v) is 6.91. The molecular formula is C13H11IN4S. The summed E-state index contributed by atoms with van der Waals surface area (Å²) < 4.78 is 1.77. The molecule has 0 spiro atoms. The molecule has 0 aliphatic carbocycles. The van der Waals surface area contributed by atoms with Gasteiger partial charge in [0, 0.05) is 0 Å². The van der Waals surface area contributed by atoms with Gasteiger partial charge in [-0.2, -0.15) is 0 Å². The molecule has 0 unspecified atom stereocenters. The van der Waals surface area contributed by atoms with E-state index in [1.807, 2.05) is 60.7 Å². The third-order valence-corrected chi connectivity index (χ3v) is 3.16. The minimum Gasteiger partial charge on any atom is -0.262 e. The molecule has 19 heavy (non-hydrogen) atoms. The number of anilines is 1. The number of thiocarbonyl (C=S) groups is 1. The van der Waals surface area contributed by atoms with E-state index in [2.05, 4.69) is 38.5 Å². The van der Waals surface area contributed by atoms with Gasteiger partial charge >= 0.3 is 0 Å². The molecule has 2 aromatic rings. The Morgan fingerprint density at radius 1 is 1.00 bits per heavy atom. The molecule has 0 saturated carbocycles. The van der Waals surface area contributed by atoms with Crippen LogP contribution < -0.4 is 8.65 Å². The fourth-order valence-corrected chi connectivity index (χ4v) is 2.17. The lowest BCUT2D eigenvalue weighted by Gasteiger charge is -2.16. The van der Waals surface area contributed by atoms with Crippen molar-refractivity contribution in [2.45, 2.75) is 0 Å². The number of halogens is 1. The van der Waals surface area contributed by atoms with Crippen molar-refractivity contribution >= 4 is 51.6 Å². The van der Waals surface area contributed by atoms with Crippen LogP contribution >= 0.6 is 35.1 Å². The molecule has 1 N–H and O–H groups in total. The number of azo groups is 1. The average Bonchev–Trinajstić information content (AvgIpc) is 2.47. The van der Waals surface area contributed by atoms with Crippen LogP contribution in [0.15, 0.2) is 70.9 Å². The summed E-state index contributed by atoms with van der Waals surface area (Å²) in [7, 11) is 0. The van der Waals surface area contributed by atoms with Crippen molar-refractivity contribution in [1.29, 1.82) is 0 Å². The number of hydrogen-bond donors (Lipinski definition) is 1. The normalized spacial score (nSPS) is 10.4. The van der Waals surface area contributed by atoms with Crippen LogP contribution in [0.4, 0.5) is 11.4 Å². The summed E-state index contributed by atoms with van der Waals surface area (Å²) in [4.78, 5) is 0. The first kappa shape index (κ1) is 13.9. The van der Waals surface area contributed by atoms with Gasteiger partial charge in [-0.3, -0.25) is 5.43 Å². The average molecular weight is 382 g/mol. The predicted octanol–water partition coefficient (Wildman–Crippen LogP) is 4.42. The van der Waals surface area contributed by atoms with Gasteiger partial charge in [-0.1, -0.05) is 36.4 Å². The second-order valence-electron chi connectivity index (χ2n) is 3.57. The van der Waals surface area contributed by atoms with E-state index in [0.717, 1.165) is 11.4 Å². The van der Waals surface area contributed by atoms with Crippen molar-refractivity contribution in [2.75, 3.05) is 3.22 Å². The first-order valence-electron chi connectivity index (χ1n) is 5.54. The number of nitrogens with zero attached hydrogens (tertiary/aromatic N) is 3. The molecule has 0 fully saturated rings. The molecule has 6 heteroatoms. The highest BCUT2D eigenvalue weighted by Gasteiger charge is 2.02.